The number of carbonyl (C=O) groups excluding carboxylic acids is 2. The maximum atomic E-state index is 10.9. The van der Waals surface area contributed by atoms with Gasteiger partial charge >= 0.3 is 11.9 Å². The van der Waals surface area contributed by atoms with E-state index in [-0.39, 0.29) is 12.2 Å². The SMILES string of the molecule is C=COC(=O)CC(=CC)OC(=O)C=C. The molecule has 0 aromatic rings. The van der Waals surface area contributed by atoms with Crippen molar-refractivity contribution >= 4 is 11.9 Å². The van der Waals surface area contributed by atoms with Crippen molar-refractivity contribution in [2.45, 2.75) is 13.3 Å². The van der Waals surface area contributed by atoms with Crippen LogP contribution in [0.15, 0.2) is 37.3 Å². The second-order valence-electron chi connectivity index (χ2n) is 2.21. The molecule has 0 radical (unpaired) electrons. The van der Waals surface area contributed by atoms with Crippen LogP contribution in [0.3, 0.4) is 0 Å². The number of allylic oxidation sites excluding steroid dienone is 1. The van der Waals surface area contributed by atoms with Gasteiger partial charge in [-0.3, -0.25) is 4.79 Å². The molecule has 0 aliphatic rings. The highest BCUT2D eigenvalue weighted by Crippen LogP contribution is 2.05. The van der Waals surface area contributed by atoms with Crippen LogP contribution in [0.2, 0.25) is 0 Å². The zero-order valence-corrected chi connectivity index (χ0v) is 7.99. The van der Waals surface area contributed by atoms with Crippen molar-refractivity contribution < 1.29 is 19.1 Å². The second-order valence-corrected chi connectivity index (χ2v) is 2.21. The van der Waals surface area contributed by atoms with Gasteiger partial charge in [-0.1, -0.05) is 13.2 Å². The lowest BCUT2D eigenvalue weighted by atomic mass is 10.3. The number of hydrogen-bond acceptors (Lipinski definition) is 4. The van der Waals surface area contributed by atoms with Crippen molar-refractivity contribution in [3.8, 4) is 0 Å². The van der Waals surface area contributed by atoms with Crippen LogP contribution in [0.1, 0.15) is 13.3 Å². The van der Waals surface area contributed by atoms with Gasteiger partial charge in [0.25, 0.3) is 0 Å². The fraction of sp³-hybridized carbons (Fsp3) is 0.200. The zero-order valence-electron chi connectivity index (χ0n) is 7.99. The van der Waals surface area contributed by atoms with Crippen molar-refractivity contribution in [2.75, 3.05) is 0 Å². The molecule has 14 heavy (non-hydrogen) atoms. The Morgan fingerprint density at radius 3 is 2.43 bits per heavy atom. The van der Waals surface area contributed by atoms with Gasteiger partial charge in [0.2, 0.25) is 0 Å². The summed E-state index contributed by atoms with van der Waals surface area (Å²) in [7, 11) is 0. The summed E-state index contributed by atoms with van der Waals surface area (Å²) in [5.74, 6) is -0.920. The first-order chi connectivity index (χ1) is 6.63. The van der Waals surface area contributed by atoms with Gasteiger partial charge in [0, 0.05) is 6.08 Å². The summed E-state index contributed by atoms with van der Waals surface area (Å²) in [5.41, 5.74) is 0. The average molecular weight is 196 g/mol. The Kier molecular flexibility index (Phi) is 5.78. The van der Waals surface area contributed by atoms with Gasteiger partial charge in [0.15, 0.2) is 0 Å². The Labute approximate surface area is 82.5 Å². The fourth-order valence-electron chi connectivity index (χ4n) is 0.645. The predicted molar refractivity (Wildman–Crippen MR) is 51.0 cm³/mol. The van der Waals surface area contributed by atoms with Gasteiger partial charge in [-0.2, -0.15) is 0 Å². The van der Waals surface area contributed by atoms with E-state index in [2.05, 4.69) is 17.9 Å². The standard InChI is InChI=1S/C10H12O4/c1-4-8(14-9(11)5-2)7-10(12)13-6-3/h4-6H,2-3,7H2,1H3. The van der Waals surface area contributed by atoms with Crippen LogP contribution in [0.25, 0.3) is 0 Å². The molecular formula is C10H12O4. The third-order valence-corrected chi connectivity index (χ3v) is 1.25. The van der Waals surface area contributed by atoms with E-state index < -0.39 is 11.9 Å². The summed E-state index contributed by atoms with van der Waals surface area (Å²) < 4.78 is 9.19. The zero-order chi connectivity index (χ0) is 11.0. The molecule has 4 nitrogen and oxygen atoms in total. The minimum atomic E-state index is -0.607. The summed E-state index contributed by atoms with van der Waals surface area (Å²) in [6.45, 7) is 8.10. The largest absolute Gasteiger partial charge is 0.435 e. The molecule has 4 heteroatoms. The molecule has 0 unspecified atom stereocenters. The molecular weight excluding hydrogens is 184 g/mol. The number of rotatable bonds is 5. The molecule has 0 aliphatic carbocycles. The van der Waals surface area contributed by atoms with Crippen LogP contribution in [0, 0.1) is 0 Å². The predicted octanol–water partition coefficient (Wildman–Crippen LogP) is 1.70. The van der Waals surface area contributed by atoms with E-state index in [0.29, 0.717) is 0 Å². The van der Waals surface area contributed by atoms with Gasteiger partial charge in [-0.15, -0.1) is 0 Å². The van der Waals surface area contributed by atoms with Crippen LogP contribution in [-0.4, -0.2) is 11.9 Å². The van der Waals surface area contributed by atoms with E-state index in [9.17, 15) is 9.59 Å². The van der Waals surface area contributed by atoms with Crippen molar-refractivity contribution in [1.29, 1.82) is 0 Å². The highest BCUT2D eigenvalue weighted by molar-refractivity contribution is 5.83. The molecule has 76 valence electrons. The van der Waals surface area contributed by atoms with Crippen molar-refractivity contribution in [2.24, 2.45) is 0 Å². The molecule has 0 spiro atoms. The molecule has 0 bridgehead atoms. The fourth-order valence-corrected chi connectivity index (χ4v) is 0.645. The maximum absolute atomic E-state index is 10.9. The summed E-state index contributed by atoms with van der Waals surface area (Å²) in [6.07, 6.45) is 3.43. The van der Waals surface area contributed by atoms with Crippen LogP contribution in [-0.2, 0) is 19.1 Å². The Bertz CT molecular complexity index is 276. The van der Waals surface area contributed by atoms with E-state index in [1.165, 1.54) is 6.08 Å². The van der Waals surface area contributed by atoms with Crippen LogP contribution in [0.4, 0.5) is 0 Å². The molecule has 0 fully saturated rings. The topological polar surface area (TPSA) is 52.6 Å². The van der Waals surface area contributed by atoms with Crippen molar-refractivity contribution in [3.63, 3.8) is 0 Å². The first-order valence-electron chi connectivity index (χ1n) is 3.93. The van der Waals surface area contributed by atoms with E-state index in [1.54, 1.807) is 6.92 Å². The first kappa shape index (κ1) is 12.2. The molecule has 0 atom stereocenters. The number of esters is 2. The van der Waals surface area contributed by atoms with Crippen LogP contribution >= 0.6 is 0 Å². The molecule has 0 N–H and O–H groups in total. The van der Waals surface area contributed by atoms with E-state index in [0.717, 1.165) is 12.3 Å². The molecule has 0 saturated heterocycles. The molecule has 0 rings (SSSR count). The third-order valence-electron chi connectivity index (χ3n) is 1.25. The van der Waals surface area contributed by atoms with E-state index in [1.807, 2.05) is 0 Å². The summed E-state index contributed by atoms with van der Waals surface area (Å²) >= 11 is 0. The third kappa shape index (κ3) is 4.92. The van der Waals surface area contributed by atoms with E-state index in [4.69, 9.17) is 4.74 Å². The highest BCUT2D eigenvalue weighted by atomic mass is 16.5. The molecule has 0 aromatic heterocycles. The quantitative estimate of drug-likeness (QED) is 0.381. The number of carbonyl (C=O) groups is 2. The number of ether oxygens (including phenoxy) is 2. The van der Waals surface area contributed by atoms with Gasteiger partial charge in [-0.05, 0) is 13.0 Å². The number of hydrogen-bond donors (Lipinski definition) is 0. The second kappa shape index (κ2) is 6.65. The van der Waals surface area contributed by atoms with Gasteiger partial charge in [0.1, 0.15) is 12.2 Å². The van der Waals surface area contributed by atoms with Gasteiger partial charge in [-0.25, -0.2) is 4.79 Å². The highest BCUT2D eigenvalue weighted by Gasteiger charge is 2.09. The normalized spacial score (nSPS) is 10.2. The van der Waals surface area contributed by atoms with Gasteiger partial charge < -0.3 is 9.47 Å². The van der Waals surface area contributed by atoms with Crippen molar-refractivity contribution in [3.05, 3.63) is 37.3 Å². The molecule has 0 heterocycles. The molecule has 0 amide bonds. The maximum Gasteiger partial charge on any atom is 0.335 e. The Morgan fingerprint density at radius 1 is 1.36 bits per heavy atom. The molecule has 0 saturated carbocycles. The summed E-state index contributed by atoms with van der Waals surface area (Å²) in [5, 5.41) is 0. The van der Waals surface area contributed by atoms with E-state index >= 15 is 0 Å². The summed E-state index contributed by atoms with van der Waals surface area (Å²) in [6, 6.07) is 0. The molecule has 0 aromatic carbocycles. The lowest BCUT2D eigenvalue weighted by Crippen LogP contribution is -2.06. The Hall–Kier alpha value is -1.84. The minimum Gasteiger partial charge on any atom is -0.435 e. The average Bonchev–Trinajstić information content (AvgIpc) is 2.16. The summed E-state index contributed by atoms with van der Waals surface area (Å²) in [4.78, 5) is 21.7. The molecule has 0 aliphatic heterocycles. The van der Waals surface area contributed by atoms with Gasteiger partial charge in [0.05, 0.1) is 6.26 Å². The lowest BCUT2D eigenvalue weighted by Gasteiger charge is -2.04. The van der Waals surface area contributed by atoms with Crippen LogP contribution < -0.4 is 0 Å². The van der Waals surface area contributed by atoms with Crippen molar-refractivity contribution in [1.82, 2.24) is 0 Å². The smallest absolute Gasteiger partial charge is 0.335 e. The Balaban J connectivity index is 4.17. The lowest BCUT2D eigenvalue weighted by molar-refractivity contribution is -0.139. The van der Waals surface area contributed by atoms with Crippen LogP contribution in [0.5, 0.6) is 0 Å². The monoisotopic (exact) mass is 196 g/mol. The Morgan fingerprint density at radius 2 is 2.00 bits per heavy atom. The minimum absolute atomic E-state index is 0.109. The first-order valence-corrected chi connectivity index (χ1v) is 3.93.